The highest BCUT2D eigenvalue weighted by atomic mass is 32.1. The Morgan fingerprint density at radius 1 is 1.22 bits per heavy atom. The van der Waals surface area contributed by atoms with Gasteiger partial charge >= 0.3 is 5.97 Å². The number of fused-ring (bicyclic) bond motifs is 1. The van der Waals surface area contributed by atoms with E-state index >= 15 is 0 Å². The molecule has 3 nitrogen and oxygen atoms in total. The summed E-state index contributed by atoms with van der Waals surface area (Å²) in [6.45, 7) is 4.69. The summed E-state index contributed by atoms with van der Waals surface area (Å²) < 4.78 is 5.32. The second-order valence-electron chi connectivity index (χ2n) is 5.85. The van der Waals surface area contributed by atoms with Crippen molar-refractivity contribution < 1.29 is 14.3 Å². The number of hydrogen-bond donors (Lipinski definition) is 0. The molecular weight excluding hydrogens is 308 g/mol. The van der Waals surface area contributed by atoms with Gasteiger partial charge in [-0.2, -0.15) is 0 Å². The molecule has 4 heteroatoms. The zero-order valence-electron chi connectivity index (χ0n) is 13.8. The molecule has 0 radical (unpaired) electrons. The minimum atomic E-state index is -0.414. The van der Waals surface area contributed by atoms with Gasteiger partial charge in [0.1, 0.15) is 6.42 Å². The van der Waals surface area contributed by atoms with E-state index in [0.717, 1.165) is 36.5 Å². The zero-order valence-corrected chi connectivity index (χ0v) is 14.7. The van der Waals surface area contributed by atoms with Crippen LogP contribution in [0.2, 0.25) is 0 Å². The van der Waals surface area contributed by atoms with Gasteiger partial charge in [-0.15, -0.1) is 11.3 Å². The van der Waals surface area contributed by atoms with Crippen LogP contribution >= 0.6 is 11.3 Å². The second-order valence-corrected chi connectivity index (χ2v) is 6.73. The maximum Gasteiger partial charge on any atom is 0.313 e. The van der Waals surface area contributed by atoms with Crippen molar-refractivity contribution in [3.63, 3.8) is 0 Å². The number of rotatable bonds is 9. The Hall–Kier alpha value is -1.68. The Kier molecular flexibility index (Phi) is 6.78. The fourth-order valence-corrected chi connectivity index (χ4v) is 3.55. The average molecular weight is 332 g/mol. The molecule has 1 aromatic carbocycles. The summed E-state index contributed by atoms with van der Waals surface area (Å²) in [6, 6.07) is 7.74. The van der Waals surface area contributed by atoms with Crippen LogP contribution in [0, 0.1) is 5.92 Å². The number of hydrogen-bond acceptors (Lipinski definition) is 4. The van der Waals surface area contributed by atoms with Gasteiger partial charge in [-0.1, -0.05) is 57.4 Å². The molecule has 0 aliphatic carbocycles. The summed E-state index contributed by atoms with van der Waals surface area (Å²) >= 11 is 1.40. The largest absolute Gasteiger partial charge is 0.465 e. The monoisotopic (exact) mass is 332 g/mol. The zero-order chi connectivity index (χ0) is 16.7. The molecule has 0 spiro atoms. The quantitative estimate of drug-likeness (QED) is 0.358. The van der Waals surface area contributed by atoms with Crippen LogP contribution < -0.4 is 0 Å². The summed E-state index contributed by atoms with van der Waals surface area (Å²) in [7, 11) is 0. The van der Waals surface area contributed by atoms with Crippen LogP contribution in [0.5, 0.6) is 0 Å². The van der Waals surface area contributed by atoms with E-state index in [0.29, 0.717) is 17.4 Å². The molecule has 23 heavy (non-hydrogen) atoms. The first-order chi connectivity index (χ1) is 11.2. The SMILES string of the molecule is CCCCC(CC)COC(=O)CC(=O)c1scc2ccccc12. The molecule has 0 bridgehead atoms. The topological polar surface area (TPSA) is 43.4 Å². The molecule has 0 saturated carbocycles. The number of Topliss-reactive ketones (excluding diaryl/α,β-unsaturated/α-hetero) is 1. The van der Waals surface area contributed by atoms with Gasteiger partial charge in [0.2, 0.25) is 0 Å². The van der Waals surface area contributed by atoms with Crippen molar-refractivity contribution in [2.24, 2.45) is 5.92 Å². The van der Waals surface area contributed by atoms with Gasteiger partial charge in [-0.25, -0.2) is 0 Å². The number of esters is 1. The van der Waals surface area contributed by atoms with Crippen LogP contribution in [-0.2, 0) is 9.53 Å². The molecule has 1 unspecified atom stereocenters. The summed E-state index contributed by atoms with van der Waals surface area (Å²) in [6.07, 6.45) is 4.19. The Morgan fingerprint density at radius 3 is 2.74 bits per heavy atom. The van der Waals surface area contributed by atoms with E-state index < -0.39 is 5.97 Å². The lowest BCUT2D eigenvalue weighted by molar-refractivity contribution is -0.144. The molecule has 0 N–H and O–H groups in total. The third-order valence-electron chi connectivity index (χ3n) is 4.09. The maximum absolute atomic E-state index is 12.3. The minimum absolute atomic E-state index is 0.150. The van der Waals surface area contributed by atoms with Crippen molar-refractivity contribution in [3.05, 3.63) is 34.5 Å². The van der Waals surface area contributed by atoms with E-state index in [1.54, 1.807) is 0 Å². The van der Waals surface area contributed by atoms with Crippen molar-refractivity contribution in [3.8, 4) is 0 Å². The second kappa shape index (κ2) is 8.82. The Morgan fingerprint density at radius 2 is 2.00 bits per heavy atom. The molecule has 2 aromatic rings. The predicted octanol–water partition coefficient (Wildman–Crippen LogP) is 5.23. The van der Waals surface area contributed by atoms with E-state index in [-0.39, 0.29) is 12.2 Å². The third kappa shape index (κ3) is 4.90. The van der Waals surface area contributed by atoms with Crippen LogP contribution in [0.25, 0.3) is 10.8 Å². The molecule has 0 aliphatic heterocycles. The fraction of sp³-hybridized carbons (Fsp3) is 0.474. The number of thiophene rings is 1. The van der Waals surface area contributed by atoms with Crippen LogP contribution in [0.1, 0.15) is 55.6 Å². The summed E-state index contributed by atoms with van der Waals surface area (Å²) in [5, 5.41) is 3.91. The molecule has 0 fully saturated rings. The normalized spacial score (nSPS) is 12.3. The highest BCUT2D eigenvalue weighted by molar-refractivity contribution is 7.13. The average Bonchev–Trinajstić information content (AvgIpc) is 2.99. The van der Waals surface area contributed by atoms with Crippen molar-refractivity contribution in [2.45, 2.75) is 46.0 Å². The molecule has 0 amide bonds. The van der Waals surface area contributed by atoms with E-state index in [1.165, 1.54) is 11.3 Å². The molecule has 124 valence electrons. The number of ketones is 1. The van der Waals surface area contributed by atoms with Crippen LogP contribution in [0.3, 0.4) is 0 Å². The van der Waals surface area contributed by atoms with Crippen LogP contribution in [0.4, 0.5) is 0 Å². The van der Waals surface area contributed by atoms with Crippen molar-refractivity contribution in [2.75, 3.05) is 6.61 Å². The van der Waals surface area contributed by atoms with Gasteiger partial charge < -0.3 is 4.74 Å². The van der Waals surface area contributed by atoms with Gasteiger partial charge in [0.25, 0.3) is 0 Å². The first-order valence-electron chi connectivity index (χ1n) is 8.30. The van der Waals surface area contributed by atoms with E-state index in [1.807, 2.05) is 29.6 Å². The Balaban J connectivity index is 1.88. The molecule has 1 aromatic heterocycles. The summed E-state index contributed by atoms with van der Waals surface area (Å²) in [4.78, 5) is 24.9. The van der Waals surface area contributed by atoms with Crippen molar-refractivity contribution >= 4 is 33.9 Å². The third-order valence-corrected chi connectivity index (χ3v) is 5.15. The number of carbonyl (C=O) groups is 2. The maximum atomic E-state index is 12.3. The highest BCUT2D eigenvalue weighted by Gasteiger charge is 2.18. The lowest BCUT2D eigenvalue weighted by Gasteiger charge is -2.14. The first kappa shape index (κ1) is 17.7. The first-order valence-corrected chi connectivity index (χ1v) is 9.18. The number of carbonyl (C=O) groups excluding carboxylic acids is 2. The molecule has 0 saturated heterocycles. The Labute approximate surface area is 141 Å². The van der Waals surface area contributed by atoms with Gasteiger partial charge in [-0.3, -0.25) is 9.59 Å². The summed E-state index contributed by atoms with van der Waals surface area (Å²) in [5.41, 5.74) is 0. The molecular formula is C19H24O3S. The van der Waals surface area contributed by atoms with Gasteiger partial charge in [0.15, 0.2) is 5.78 Å². The summed E-state index contributed by atoms with van der Waals surface area (Å²) in [5.74, 6) is -0.165. The number of benzene rings is 1. The molecule has 2 rings (SSSR count). The highest BCUT2D eigenvalue weighted by Crippen LogP contribution is 2.26. The lowest BCUT2D eigenvalue weighted by atomic mass is 10.0. The molecule has 1 heterocycles. The van der Waals surface area contributed by atoms with E-state index in [9.17, 15) is 9.59 Å². The Bertz CT molecular complexity index is 659. The lowest BCUT2D eigenvalue weighted by Crippen LogP contribution is -2.16. The number of unbranched alkanes of at least 4 members (excludes halogenated alkanes) is 1. The van der Waals surface area contributed by atoms with E-state index in [2.05, 4.69) is 13.8 Å². The van der Waals surface area contributed by atoms with E-state index in [4.69, 9.17) is 4.74 Å². The van der Waals surface area contributed by atoms with Crippen LogP contribution in [-0.4, -0.2) is 18.4 Å². The van der Waals surface area contributed by atoms with Crippen molar-refractivity contribution in [1.82, 2.24) is 0 Å². The minimum Gasteiger partial charge on any atom is -0.465 e. The van der Waals surface area contributed by atoms with Gasteiger partial charge in [0.05, 0.1) is 11.5 Å². The molecule has 0 aliphatic rings. The van der Waals surface area contributed by atoms with Gasteiger partial charge in [-0.05, 0) is 23.1 Å². The van der Waals surface area contributed by atoms with Crippen LogP contribution in [0.15, 0.2) is 29.6 Å². The van der Waals surface area contributed by atoms with Crippen molar-refractivity contribution in [1.29, 1.82) is 0 Å². The van der Waals surface area contributed by atoms with Gasteiger partial charge in [0, 0.05) is 5.39 Å². The number of ether oxygens (including phenoxy) is 1. The standard InChI is InChI=1S/C19H24O3S/c1-3-5-8-14(4-2)12-22-18(21)11-17(20)19-16-10-7-6-9-15(16)13-23-19/h6-7,9-10,13-14H,3-5,8,11-12H2,1-2H3. The fourth-order valence-electron chi connectivity index (χ4n) is 2.58. The smallest absolute Gasteiger partial charge is 0.313 e. The molecule has 1 atom stereocenters. The predicted molar refractivity (Wildman–Crippen MR) is 95.0 cm³/mol.